The molecule has 0 aromatic heterocycles. The number of carbonyl (C=O) groups excluding carboxylic acids is 2. The molecular weight excluding hydrogens is 668 g/mol. The summed E-state index contributed by atoms with van der Waals surface area (Å²) in [5.74, 6) is -1.60. The van der Waals surface area contributed by atoms with Crippen molar-refractivity contribution in [2.45, 2.75) is 30.8 Å². The van der Waals surface area contributed by atoms with Crippen LogP contribution in [0.5, 0.6) is 0 Å². The van der Waals surface area contributed by atoms with Gasteiger partial charge < -0.3 is 10.2 Å². The smallest absolute Gasteiger partial charge is 0.264 e. The average molecular weight is 700 g/mol. The van der Waals surface area contributed by atoms with Gasteiger partial charge >= 0.3 is 0 Å². The van der Waals surface area contributed by atoms with Gasteiger partial charge in [0.05, 0.1) is 10.6 Å². The summed E-state index contributed by atoms with van der Waals surface area (Å²) in [6.07, 6.45) is 0.155. The summed E-state index contributed by atoms with van der Waals surface area (Å²) >= 11 is 2.11. The van der Waals surface area contributed by atoms with E-state index in [0.29, 0.717) is 6.54 Å². The lowest BCUT2D eigenvalue weighted by Crippen LogP contribution is -2.53. The van der Waals surface area contributed by atoms with E-state index < -0.39 is 40.2 Å². The molecule has 4 rings (SSSR count). The maximum atomic E-state index is 14.9. The fraction of sp³-hybridized carbons (Fsp3) is 0.188. The molecule has 0 heterocycles. The number of rotatable bonds is 12. The number of hydrogen-bond donors (Lipinski definition) is 1. The van der Waals surface area contributed by atoms with Crippen molar-refractivity contribution in [2.24, 2.45) is 0 Å². The Kier molecular flexibility index (Phi) is 10.7. The van der Waals surface area contributed by atoms with Gasteiger partial charge in [-0.2, -0.15) is 0 Å². The van der Waals surface area contributed by atoms with Gasteiger partial charge in [-0.25, -0.2) is 12.8 Å². The lowest BCUT2D eigenvalue weighted by atomic mass is 10.0. The van der Waals surface area contributed by atoms with Crippen LogP contribution < -0.4 is 9.62 Å². The highest BCUT2D eigenvalue weighted by atomic mass is 127. The van der Waals surface area contributed by atoms with Crippen molar-refractivity contribution in [1.82, 2.24) is 10.2 Å². The number of nitrogens with zero attached hydrogens (tertiary/aromatic N) is 2. The molecule has 0 radical (unpaired) electrons. The van der Waals surface area contributed by atoms with Crippen LogP contribution in [0.15, 0.2) is 114 Å². The van der Waals surface area contributed by atoms with E-state index in [4.69, 9.17) is 0 Å². The van der Waals surface area contributed by atoms with Crippen LogP contribution in [0, 0.1) is 9.39 Å². The Labute approximate surface area is 259 Å². The lowest BCUT2D eigenvalue weighted by Gasteiger charge is -2.34. The zero-order valence-electron chi connectivity index (χ0n) is 23.0. The van der Waals surface area contributed by atoms with E-state index in [1.807, 2.05) is 30.3 Å². The van der Waals surface area contributed by atoms with E-state index >= 15 is 0 Å². The van der Waals surface area contributed by atoms with Crippen molar-refractivity contribution in [3.8, 4) is 0 Å². The Bertz CT molecular complexity index is 1600. The summed E-state index contributed by atoms with van der Waals surface area (Å²) < 4.78 is 44.6. The number of halogens is 2. The summed E-state index contributed by atoms with van der Waals surface area (Å²) in [5.41, 5.74) is 1.29. The highest BCUT2D eigenvalue weighted by Crippen LogP contribution is 2.26. The average Bonchev–Trinajstić information content (AvgIpc) is 3.00. The Balaban J connectivity index is 1.79. The highest BCUT2D eigenvalue weighted by molar-refractivity contribution is 14.1. The van der Waals surface area contributed by atoms with Crippen LogP contribution in [0.3, 0.4) is 0 Å². The van der Waals surface area contributed by atoms with E-state index in [1.165, 1.54) is 23.1 Å². The highest BCUT2D eigenvalue weighted by Gasteiger charge is 2.34. The van der Waals surface area contributed by atoms with E-state index in [-0.39, 0.29) is 29.1 Å². The summed E-state index contributed by atoms with van der Waals surface area (Å²) in [5, 5.41) is 2.79. The van der Waals surface area contributed by atoms with Crippen molar-refractivity contribution < 1.29 is 22.4 Å². The molecule has 4 aromatic carbocycles. The van der Waals surface area contributed by atoms with Gasteiger partial charge in [0.15, 0.2) is 0 Å². The van der Waals surface area contributed by atoms with Gasteiger partial charge in [0.1, 0.15) is 18.4 Å². The minimum absolute atomic E-state index is 0.0153. The van der Waals surface area contributed by atoms with E-state index in [2.05, 4.69) is 27.9 Å². The molecule has 0 spiro atoms. The van der Waals surface area contributed by atoms with Gasteiger partial charge in [-0.15, -0.1) is 0 Å². The molecule has 218 valence electrons. The minimum atomic E-state index is -4.18. The first-order chi connectivity index (χ1) is 20.2. The van der Waals surface area contributed by atoms with Gasteiger partial charge in [-0.3, -0.25) is 13.9 Å². The van der Waals surface area contributed by atoms with Crippen LogP contribution in [0.4, 0.5) is 10.1 Å². The molecule has 42 heavy (non-hydrogen) atoms. The Morgan fingerprint density at radius 3 is 2.07 bits per heavy atom. The predicted octanol–water partition coefficient (Wildman–Crippen LogP) is 5.40. The molecule has 0 aliphatic rings. The maximum Gasteiger partial charge on any atom is 0.264 e. The van der Waals surface area contributed by atoms with Gasteiger partial charge in [-0.05, 0) is 77.5 Å². The van der Waals surface area contributed by atoms with Crippen LogP contribution in [0.25, 0.3) is 0 Å². The number of benzene rings is 4. The Morgan fingerprint density at radius 2 is 1.45 bits per heavy atom. The number of carbonyl (C=O) groups is 2. The standard InChI is InChI=1S/C32H31FIN3O4S/c1-2-35-32(39)30(21-24-11-5-3-6-12-24)36(22-25-13-9-10-16-29(25)33)31(38)23-37(27-19-17-26(34)18-20-27)42(40,41)28-14-7-4-8-15-28/h3-20,30H,2,21-23H2,1H3,(H,35,39). The number of amides is 2. The van der Waals surface area contributed by atoms with Crippen molar-refractivity contribution in [3.63, 3.8) is 0 Å². The number of likely N-dealkylation sites (N-methyl/N-ethyl adjacent to an activating group) is 1. The third kappa shape index (κ3) is 7.74. The Hall–Kier alpha value is -3.77. The first kappa shape index (κ1) is 31.2. The second-order valence-corrected chi connectivity index (χ2v) is 12.6. The van der Waals surface area contributed by atoms with Crippen LogP contribution in [0.1, 0.15) is 18.1 Å². The second kappa shape index (κ2) is 14.4. The molecule has 0 aliphatic carbocycles. The largest absolute Gasteiger partial charge is 0.355 e. The van der Waals surface area contributed by atoms with Gasteiger partial charge in [0, 0.05) is 28.6 Å². The molecule has 7 nitrogen and oxygen atoms in total. The third-order valence-electron chi connectivity index (χ3n) is 6.65. The zero-order valence-corrected chi connectivity index (χ0v) is 26.0. The molecule has 1 unspecified atom stereocenters. The molecule has 0 aliphatic heterocycles. The fourth-order valence-corrected chi connectivity index (χ4v) is 6.31. The zero-order chi connectivity index (χ0) is 30.1. The van der Waals surface area contributed by atoms with Gasteiger partial charge in [0.2, 0.25) is 11.8 Å². The molecule has 0 fully saturated rings. The second-order valence-electron chi connectivity index (χ2n) is 9.51. The van der Waals surface area contributed by atoms with Crippen LogP contribution in [-0.4, -0.2) is 44.3 Å². The molecule has 0 bridgehead atoms. The summed E-state index contributed by atoms with van der Waals surface area (Å²) in [6, 6.07) is 28.8. The van der Waals surface area contributed by atoms with E-state index in [0.717, 1.165) is 13.4 Å². The number of hydrogen-bond acceptors (Lipinski definition) is 4. The summed E-state index contributed by atoms with van der Waals surface area (Å²) in [7, 11) is -4.18. The molecule has 2 amide bonds. The Morgan fingerprint density at radius 1 is 0.857 bits per heavy atom. The van der Waals surface area contributed by atoms with E-state index in [1.54, 1.807) is 67.6 Å². The third-order valence-corrected chi connectivity index (χ3v) is 9.15. The quantitative estimate of drug-likeness (QED) is 0.201. The SMILES string of the molecule is CCNC(=O)C(Cc1ccccc1)N(Cc1ccccc1F)C(=O)CN(c1ccc(I)cc1)S(=O)(=O)c1ccccc1. The predicted molar refractivity (Wildman–Crippen MR) is 170 cm³/mol. The summed E-state index contributed by atoms with van der Waals surface area (Å²) in [6.45, 7) is 1.26. The lowest BCUT2D eigenvalue weighted by molar-refractivity contribution is -0.140. The normalized spacial score (nSPS) is 11.9. The van der Waals surface area contributed by atoms with Gasteiger partial charge in [-0.1, -0.05) is 66.7 Å². The minimum Gasteiger partial charge on any atom is -0.355 e. The van der Waals surface area contributed by atoms with Crippen LogP contribution in [0.2, 0.25) is 0 Å². The molecule has 0 saturated carbocycles. The first-order valence-electron chi connectivity index (χ1n) is 13.4. The number of anilines is 1. The molecule has 0 saturated heterocycles. The monoisotopic (exact) mass is 699 g/mol. The number of sulfonamides is 1. The first-order valence-corrected chi connectivity index (χ1v) is 15.9. The van der Waals surface area contributed by atoms with Crippen molar-refractivity contribution in [1.29, 1.82) is 0 Å². The molecular formula is C32H31FIN3O4S. The van der Waals surface area contributed by atoms with Crippen molar-refractivity contribution in [2.75, 3.05) is 17.4 Å². The topological polar surface area (TPSA) is 86.8 Å². The van der Waals surface area contributed by atoms with E-state index in [9.17, 15) is 22.4 Å². The van der Waals surface area contributed by atoms with Crippen molar-refractivity contribution >= 4 is 50.1 Å². The van der Waals surface area contributed by atoms with Crippen LogP contribution in [-0.2, 0) is 32.6 Å². The maximum absolute atomic E-state index is 14.9. The van der Waals surface area contributed by atoms with Gasteiger partial charge in [0.25, 0.3) is 10.0 Å². The number of nitrogens with one attached hydrogen (secondary N) is 1. The molecule has 4 aromatic rings. The fourth-order valence-electron chi connectivity index (χ4n) is 4.51. The molecule has 1 atom stereocenters. The molecule has 1 N–H and O–H groups in total. The van der Waals surface area contributed by atoms with Crippen LogP contribution >= 0.6 is 22.6 Å². The molecule has 10 heteroatoms. The summed E-state index contributed by atoms with van der Waals surface area (Å²) in [4.78, 5) is 29.0. The van der Waals surface area contributed by atoms with Crippen molar-refractivity contribution in [3.05, 3.63) is 130 Å².